The van der Waals surface area contributed by atoms with Gasteiger partial charge in [-0.05, 0) is 12.2 Å². The number of amides is 1. The van der Waals surface area contributed by atoms with Gasteiger partial charge in [0.1, 0.15) is 0 Å². The number of methoxy groups -OCH3 is 1. The Morgan fingerprint density at radius 1 is 1.47 bits per heavy atom. The van der Waals surface area contributed by atoms with Crippen molar-refractivity contribution >= 4 is 17.7 Å². The molecule has 2 fully saturated rings. The lowest BCUT2D eigenvalue weighted by Crippen LogP contribution is -2.51. The number of nitrogens with one attached hydrogen (secondary N) is 1. The van der Waals surface area contributed by atoms with Crippen LogP contribution in [0, 0.1) is 0 Å². The molecule has 1 amide bonds. The molecule has 2 aliphatic rings. The van der Waals surface area contributed by atoms with Crippen LogP contribution in [0.5, 0.6) is 0 Å². The summed E-state index contributed by atoms with van der Waals surface area (Å²) in [6, 6.07) is 0.413. The second kappa shape index (κ2) is 8.09. The monoisotopic (exact) mass is 287 g/mol. The highest BCUT2D eigenvalue weighted by molar-refractivity contribution is 7.99. The molecule has 2 heterocycles. The van der Waals surface area contributed by atoms with Crippen molar-refractivity contribution in [2.75, 3.05) is 64.5 Å². The zero-order chi connectivity index (χ0) is 13.5. The van der Waals surface area contributed by atoms with E-state index in [2.05, 4.69) is 10.2 Å². The minimum absolute atomic E-state index is 0.270. The molecule has 2 rings (SSSR count). The molecule has 19 heavy (non-hydrogen) atoms. The molecule has 0 radical (unpaired) electrons. The summed E-state index contributed by atoms with van der Waals surface area (Å²) >= 11 is 1.95. The number of thioether (sulfide) groups is 1. The fourth-order valence-electron chi connectivity index (χ4n) is 2.62. The zero-order valence-electron chi connectivity index (χ0n) is 11.8. The molecule has 110 valence electrons. The summed E-state index contributed by atoms with van der Waals surface area (Å²) in [6.07, 6.45) is 1.13. The summed E-state index contributed by atoms with van der Waals surface area (Å²) in [6.45, 7) is 5.86. The van der Waals surface area contributed by atoms with Gasteiger partial charge in [-0.2, -0.15) is 11.8 Å². The number of hydrogen-bond donors (Lipinski definition) is 1. The second-order valence-corrected chi connectivity index (χ2v) is 6.27. The van der Waals surface area contributed by atoms with Crippen molar-refractivity contribution in [2.24, 2.45) is 0 Å². The maximum atomic E-state index is 12.5. The number of piperazine rings is 1. The molecule has 0 aromatic rings. The van der Waals surface area contributed by atoms with E-state index < -0.39 is 0 Å². The fourth-order valence-corrected chi connectivity index (χ4v) is 3.84. The maximum absolute atomic E-state index is 12.5. The van der Waals surface area contributed by atoms with Crippen molar-refractivity contribution < 1.29 is 9.53 Å². The number of carbonyl (C=O) groups excluding carboxylic acids is 1. The van der Waals surface area contributed by atoms with E-state index >= 15 is 0 Å². The van der Waals surface area contributed by atoms with Crippen LogP contribution < -0.4 is 5.32 Å². The van der Waals surface area contributed by atoms with Crippen LogP contribution in [0.1, 0.15) is 6.42 Å². The number of carbonyl (C=O) groups is 1. The Morgan fingerprint density at radius 3 is 2.89 bits per heavy atom. The SMILES string of the molecule is COCCN(C(=O)CN1CCNCC1)C1CCSC1. The Morgan fingerprint density at radius 2 is 2.26 bits per heavy atom. The van der Waals surface area contributed by atoms with E-state index in [-0.39, 0.29) is 5.91 Å². The summed E-state index contributed by atoms with van der Waals surface area (Å²) in [5.74, 6) is 2.53. The molecule has 2 aliphatic heterocycles. The van der Waals surface area contributed by atoms with Crippen molar-refractivity contribution in [3.63, 3.8) is 0 Å². The third kappa shape index (κ3) is 4.63. The van der Waals surface area contributed by atoms with Crippen molar-refractivity contribution in [1.82, 2.24) is 15.1 Å². The quantitative estimate of drug-likeness (QED) is 0.737. The Bertz CT molecular complexity index is 279. The van der Waals surface area contributed by atoms with Gasteiger partial charge in [0.15, 0.2) is 0 Å². The topological polar surface area (TPSA) is 44.8 Å². The number of rotatable bonds is 6. The lowest BCUT2D eigenvalue weighted by atomic mass is 10.2. The molecule has 0 aromatic heterocycles. The van der Waals surface area contributed by atoms with Crippen molar-refractivity contribution in [1.29, 1.82) is 0 Å². The molecular weight excluding hydrogens is 262 g/mol. The summed E-state index contributed by atoms with van der Waals surface area (Å²) in [4.78, 5) is 16.8. The first-order valence-corrected chi connectivity index (χ1v) is 8.26. The summed E-state index contributed by atoms with van der Waals surface area (Å²) in [5.41, 5.74) is 0. The van der Waals surface area contributed by atoms with Gasteiger partial charge in [0, 0.05) is 51.6 Å². The van der Waals surface area contributed by atoms with Gasteiger partial charge in [-0.25, -0.2) is 0 Å². The molecule has 1 N–H and O–H groups in total. The standard InChI is InChI=1S/C13H25N3O2S/c1-18-8-7-16(12-2-9-19-11-12)13(17)10-15-5-3-14-4-6-15/h12,14H,2-11H2,1H3. The van der Waals surface area contributed by atoms with Crippen LogP contribution >= 0.6 is 11.8 Å². The summed E-state index contributed by atoms with van der Waals surface area (Å²) < 4.78 is 5.15. The predicted molar refractivity (Wildman–Crippen MR) is 78.6 cm³/mol. The van der Waals surface area contributed by atoms with Crippen LogP contribution in [-0.2, 0) is 9.53 Å². The highest BCUT2D eigenvalue weighted by Crippen LogP contribution is 2.22. The molecule has 5 nitrogen and oxygen atoms in total. The number of hydrogen-bond acceptors (Lipinski definition) is 5. The van der Waals surface area contributed by atoms with Crippen molar-refractivity contribution in [3.8, 4) is 0 Å². The molecule has 0 aliphatic carbocycles. The summed E-state index contributed by atoms with van der Waals surface area (Å²) in [5, 5.41) is 3.32. The van der Waals surface area contributed by atoms with Crippen LogP contribution in [0.15, 0.2) is 0 Å². The Balaban J connectivity index is 1.86. The van der Waals surface area contributed by atoms with Crippen molar-refractivity contribution in [2.45, 2.75) is 12.5 Å². The Hall–Kier alpha value is -0.300. The first kappa shape index (κ1) is 15.1. The van der Waals surface area contributed by atoms with E-state index in [4.69, 9.17) is 4.74 Å². The fraction of sp³-hybridized carbons (Fsp3) is 0.923. The van der Waals surface area contributed by atoms with Gasteiger partial charge < -0.3 is 15.0 Å². The van der Waals surface area contributed by atoms with E-state index in [9.17, 15) is 4.79 Å². The first-order valence-electron chi connectivity index (χ1n) is 7.10. The van der Waals surface area contributed by atoms with E-state index in [1.807, 2.05) is 16.7 Å². The molecule has 1 atom stereocenters. The zero-order valence-corrected chi connectivity index (χ0v) is 12.6. The first-order chi connectivity index (χ1) is 9.31. The molecule has 6 heteroatoms. The highest BCUT2D eigenvalue weighted by Gasteiger charge is 2.27. The van der Waals surface area contributed by atoms with Crippen molar-refractivity contribution in [3.05, 3.63) is 0 Å². The predicted octanol–water partition coefficient (Wildman–Crippen LogP) is -0.128. The van der Waals surface area contributed by atoms with Gasteiger partial charge in [-0.3, -0.25) is 9.69 Å². The third-order valence-electron chi connectivity index (χ3n) is 3.77. The highest BCUT2D eigenvalue weighted by atomic mass is 32.2. The van der Waals surface area contributed by atoms with Gasteiger partial charge in [0.2, 0.25) is 5.91 Å². The normalized spacial score (nSPS) is 24.6. The maximum Gasteiger partial charge on any atom is 0.237 e. The van der Waals surface area contributed by atoms with E-state index in [1.165, 1.54) is 5.75 Å². The lowest BCUT2D eigenvalue weighted by Gasteiger charge is -2.32. The molecule has 0 spiro atoms. The van der Waals surface area contributed by atoms with Crippen LogP contribution in [0.4, 0.5) is 0 Å². The lowest BCUT2D eigenvalue weighted by molar-refractivity contribution is -0.135. The Labute approximate surface area is 120 Å². The van der Waals surface area contributed by atoms with Crippen LogP contribution in [0.25, 0.3) is 0 Å². The average Bonchev–Trinajstić information content (AvgIpc) is 2.94. The van der Waals surface area contributed by atoms with Gasteiger partial charge in [-0.15, -0.1) is 0 Å². The number of nitrogens with zero attached hydrogens (tertiary/aromatic N) is 2. The van der Waals surface area contributed by atoms with Gasteiger partial charge in [0.05, 0.1) is 13.2 Å². The molecule has 0 saturated carbocycles. The molecular formula is C13H25N3O2S. The molecule has 1 unspecified atom stereocenters. The van der Waals surface area contributed by atoms with E-state index in [0.29, 0.717) is 19.2 Å². The molecule has 0 aromatic carbocycles. The number of ether oxygens (including phenoxy) is 1. The summed E-state index contributed by atoms with van der Waals surface area (Å²) in [7, 11) is 1.70. The van der Waals surface area contributed by atoms with E-state index in [1.54, 1.807) is 7.11 Å². The van der Waals surface area contributed by atoms with Gasteiger partial charge in [0.25, 0.3) is 0 Å². The minimum atomic E-state index is 0.270. The van der Waals surface area contributed by atoms with Gasteiger partial charge in [-0.1, -0.05) is 0 Å². The van der Waals surface area contributed by atoms with Gasteiger partial charge >= 0.3 is 0 Å². The minimum Gasteiger partial charge on any atom is -0.383 e. The largest absolute Gasteiger partial charge is 0.383 e. The smallest absolute Gasteiger partial charge is 0.237 e. The van der Waals surface area contributed by atoms with Crippen LogP contribution in [0.3, 0.4) is 0 Å². The average molecular weight is 287 g/mol. The molecule has 0 bridgehead atoms. The molecule has 2 saturated heterocycles. The van der Waals surface area contributed by atoms with Crippen LogP contribution in [0.2, 0.25) is 0 Å². The van der Waals surface area contributed by atoms with E-state index in [0.717, 1.165) is 44.9 Å². The third-order valence-corrected chi connectivity index (χ3v) is 4.92. The van der Waals surface area contributed by atoms with Crippen LogP contribution in [-0.4, -0.2) is 86.2 Å². The Kier molecular flexibility index (Phi) is 6.43. The second-order valence-electron chi connectivity index (χ2n) is 5.12.